The van der Waals surface area contributed by atoms with E-state index >= 15 is 0 Å². The first-order valence-electron chi connectivity index (χ1n) is 10.5. The SMILES string of the molecule is CCn1c(C(C)N(Cc2ccco2)C(=O)Nc2ccc(F)cc2F)nc2cc(Cl)ccc2c1=O. The Morgan fingerprint density at radius 2 is 2.03 bits per heavy atom. The molecular formula is C24H21ClF2N4O3. The Bertz CT molecular complexity index is 1410. The van der Waals surface area contributed by atoms with E-state index in [9.17, 15) is 18.4 Å². The van der Waals surface area contributed by atoms with Gasteiger partial charge in [-0.25, -0.2) is 18.6 Å². The fraction of sp³-hybridized carbons (Fsp3) is 0.208. The van der Waals surface area contributed by atoms with Gasteiger partial charge in [0, 0.05) is 17.6 Å². The van der Waals surface area contributed by atoms with Crippen LogP contribution in [0.15, 0.2) is 64.0 Å². The molecule has 7 nitrogen and oxygen atoms in total. The molecule has 0 saturated carbocycles. The highest BCUT2D eigenvalue weighted by Crippen LogP contribution is 2.25. The molecule has 1 N–H and O–H groups in total. The summed E-state index contributed by atoms with van der Waals surface area (Å²) in [5.74, 6) is -0.885. The van der Waals surface area contributed by atoms with E-state index in [1.807, 2.05) is 0 Å². The topological polar surface area (TPSA) is 80.4 Å². The summed E-state index contributed by atoms with van der Waals surface area (Å²) in [6.07, 6.45) is 1.47. The molecule has 0 aliphatic carbocycles. The minimum atomic E-state index is -0.914. The van der Waals surface area contributed by atoms with Gasteiger partial charge >= 0.3 is 6.03 Å². The Balaban J connectivity index is 1.77. The molecule has 2 heterocycles. The minimum Gasteiger partial charge on any atom is -0.467 e. The van der Waals surface area contributed by atoms with Gasteiger partial charge in [-0.2, -0.15) is 0 Å². The van der Waals surface area contributed by atoms with Crippen LogP contribution in [-0.2, 0) is 13.1 Å². The minimum absolute atomic E-state index is 0.00990. The first-order valence-corrected chi connectivity index (χ1v) is 10.9. The molecule has 2 aromatic heterocycles. The zero-order valence-electron chi connectivity index (χ0n) is 18.4. The molecule has 0 fully saturated rings. The smallest absolute Gasteiger partial charge is 0.322 e. The molecule has 0 aliphatic rings. The number of aromatic nitrogens is 2. The van der Waals surface area contributed by atoms with E-state index in [-0.39, 0.29) is 17.8 Å². The molecule has 1 unspecified atom stereocenters. The van der Waals surface area contributed by atoms with Crippen molar-refractivity contribution in [3.8, 4) is 0 Å². The van der Waals surface area contributed by atoms with Crippen LogP contribution in [0.5, 0.6) is 0 Å². The van der Waals surface area contributed by atoms with Gasteiger partial charge in [-0.1, -0.05) is 11.6 Å². The highest BCUT2D eigenvalue weighted by Gasteiger charge is 2.28. The van der Waals surface area contributed by atoms with Crippen molar-refractivity contribution in [3.05, 3.63) is 93.4 Å². The molecule has 1 atom stereocenters. The van der Waals surface area contributed by atoms with Crippen LogP contribution in [-0.4, -0.2) is 20.5 Å². The third-order valence-corrected chi connectivity index (χ3v) is 5.68. The van der Waals surface area contributed by atoms with Gasteiger partial charge in [-0.3, -0.25) is 9.36 Å². The number of urea groups is 1. The van der Waals surface area contributed by atoms with Gasteiger partial charge < -0.3 is 14.6 Å². The summed E-state index contributed by atoms with van der Waals surface area (Å²) in [6.45, 7) is 3.82. The van der Waals surface area contributed by atoms with Crippen LogP contribution >= 0.6 is 11.6 Å². The number of hydrogen-bond acceptors (Lipinski definition) is 4. The Hall–Kier alpha value is -3.72. The van der Waals surface area contributed by atoms with E-state index in [0.717, 1.165) is 12.1 Å². The molecule has 10 heteroatoms. The second kappa shape index (κ2) is 9.64. The number of rotatable bonds is 6. The first-order chi connectivity index (χ1) is 16.3. The summed E-state index contributed by atoms with van der Waals surface area (Å²) in [5.41, 5.74) is -0.0601. The van der Waals surface area contributed by atoms with Crippen LogP contribution in [0.25, 0.3) is 10.9 Å². The van der Waals surface area contributed by atoms with E-state index in [1.54, 1.807) is 44.2 Å². The van der Waals surface area contributed by atoms with E-state index in [4.69, 9.17) is 16.0 Å². The molecule has 0 aliphatic heterocycles. The Morgan fingerprint density at radius 3 is 2.71 bits per heavy atom. The number of amides is 2. The Morgan fingerprint density at radius 1 is 1.24 bits per heavy atom. The van der Waals surface area contributed by atoms with Crippen molar-refractivity contribution in [1.82, 2.24) is 14.5 Å². The van der Waals surface area contributed by atoms with Crippen molar-refractivity contribution >= 4 is 34.2 Å². The van der Waals surface area contributed by atoms with Gasteiger partial charge in [0.2, 0.25) is 0 Å². The van der Waals surface area contributed by atoms with Crippen molar-refractivity contribution in [2.24, 2.45) is 0 Å². The largest absolute Gasteiger partial charge is 0.467 e. The molecule has 4 aromatic rings. The molecule has 4 rings (SSSR count). The number of halogens is 3. The molecule has 34 heavy (non-hydrogen) atoms. The van der Waals surface area contributed by atoms with Crippen molar-refractivity contribution in [1.29, 1.82) is 0 Å². The number of benzene rings is 2. The normalized spacial score (nSPS) is 12.0. The number of carbonyl (C=O) groups is 1. The second-order valence-corrected chi connectivity index (χ2v) is 8.05. The zero-order valence-corrected chi connectivity index (χ0v) is 19.1. The first kappa shape index (κ1) is 23.4. The van der Waals surface area contributed by atoms with Crippen LogP contribution < -0.4 is 10.9 Å². The number of anilines is 1. The lowest BCUT2D eigenvalue weighted by Crippen LogP contribution is -2.39. The van der Waals surface area contributed by atoms with E-state index in [0.29, 0.717) is 40.1 Å². The second-order valence-electron chi connectivity index (χ2n) is 7.62. The van der Waals surface area contributed by atoms with Crippen LogP contribution in [0.3, 0.4) is 0 Å². The molecule has 176 valence electrons. The third-order valence-electron chi connectivity index (χ3n) is 5.44. The highest BCUT2D eigenvalue weighted by molar-refractivity contribution is 6.31. The predicted molar refractivity (Wildman–Crippen MR) is 125 cm³/mol. The number of fused-ring (bicyclic) bond motifs is 1. The molecule has 2 amide bonds. The summed E-state index contributed by atoms with van der Waals surface area (Å²) in [6, 6.07) is 9.61. The maximum Gasteiger partial charge on any atom is 0.322 e. The summed E-state index contributed by atoms with van der Waals surface area (Å²) >= 11 is 6.10. The van der Waals surface area contributed by atoms with Crippen LogP contribution in [0, 0.1) is 11.6 Å². The van der Waals surface area contributed by atoms with E-state index in [2.05, 4.69) is 10.3 Å². The Kier molecular flexibility index (Phi) is 6.65. The van der Waals surface area contributed by atoms with Crippen molar-refractivity contribution < 1.29 is 18.0 Å². The summed E-state index contributed by atoms with van der Waals surface area (Å²) in [7, 11) is 0. The molecular weight excluding hydrogens is 466 g/mol. The average Bonchev–Trinajstić information content (AvgIpc) is 3.32. The fourth-order valence-electron chi connectivity index (χ4n) is 3.71. The Labute approximate surface area is 198 Å². The van der Waals surface area contributed by atoms with Gasteiger partial charge in [-0.05, 0) is 56.3 Å². The predicted octanol–water partition coefficient (Wildman–Crippen LogP) is 5.74. The molecule has 0 saturated heterocycles. The van der Waals surface area contributed by atoms with Gasteiger partial charge in [0.05, 0.1) is 35.4 Å². The lowest BCUT2D eigenvalue weighted by Gasteiger charge is -2.30. The maximum absolute atomic E-state index is 14.2. The van der Waals surface area contributed by atoms with Crippen molar-refractivity contribution in [3.63, 3.8) is 0 Å². The van der Waals surface area contributed by atoms with E-state index < -0.39 is 23.7 Å². The van der Waals surface area contributed by atoms with Crippen LogP contribution in [0.4, 0.5) is 19.3 Å². The molecule has 0 radical (unpaired) electrons. The summed E-state index contributed by atoms with van der Waals surface area (Å²) in [4.78, 5) is 32.4. The fourth-order valence-corrected chi connectivity index (χ4v) is 3.87. The monoisotopic (exact) mass is 486 g/mol. The number of furan rings is 1. The zero-order chi connectivity index (χ0) is 24.4. The van der Waals surface area contributed by atoms with Crippen molar-refractivity contribution in [2.45, 2.75) is 33.0 Å². The van der Waals surface area contributed by atoms with E-state index in [1.165, 1.54) is 15.7 Å². The third kappa shape index (κ3) is 4.65. The van der Waals surface area contributed by atoms with Gasteiger partial charge in [0.25, 0.3) is 5.56 Å². The lowest BCUT2D eigenvalue weighted by atomic mass is 10.2. The summed E-state index contributed by atoms with van der Waals surface area (Å²) in [5, 5.41) is 3.29. The lowest BCUT2D eigenvalue weighted by molar-refractivity contribution is 0.177. The van der Waals surface area contributed by atoms with Gasteiger partial charge in [-0.15, -0.1) is 0 Å². The standard InChI is InChI=1S/C24H21ClF2N4O3/c1-3-30-22(28-21-11-15(25)6-8-18(21)23(30)32)14(2)31(13-17-5-4-10-34-17)24(33)29-20-9-7-16(26)12-19(20)27/h4-12,14H,3,13H2,1-2H3,(H,29,33). The van der Waals surface area contributed by atoms with Gasteiger partial charge in [0.1, 0.15) is 23.2 Å². The average molecular weight is 487 g/mol. The highest BCUT2D eigenvalue weighted by atomic mass is 35.5. The van der Waals surface area contributed by atoms with Gasteiger partial charge in [0.15, 0.2) is 0 Å². The van der Waals surface area contributed by atoms with Crippen LogP contribution in [0.1, 0.15) is 31.5 Å². The van der Waals surface area contributed by atoms with Crippen LogP contribution in [0.2, 0.25) is 5.02 Å². The summed E-state index contributed by atoms with van der Waals surface area (Å²) < 4.78 is 34.4. The quantitative estimate of drug-likeness (QED) is 0.377. The molecule has 0 spiro atoms. The van der Waals surface area contributed by atoms with Crippen molar-refractivity contribution in [2.75, 3.05) is 5.32 Å². The number of hydrogen-bond donors (Lipinski definition) is 1. The molecule has 0 bridgehead atoms. The number of nitrogens with one attached hydrogen (secondary N) is 1. The maximum atomic E-state index is 14.2. The molecule has 2 aromatic carbocycles. The number of carbonyl (C=O) groups excluding carboxylic acids is 1. The number of nitrogens with zero attached hydrogens (tertiary/aromatic N) is 3.